The third-order valence-electron chi connectivity index (χ3n) is 3.51. The van der Waals surface area contributed by atoms with Crippen molar-refractivity contribution in [2.24, 2.45) is 0 Å². The Labute approximate surface area is 135 Å². The van der Waals surface area contributed by atoms with Gasteiger partial charge in [-0.3, -0.25) is 14.2 Å². The summed E-state index contributed by atoms with van der Waals surface area (Å²) in [6, 6.07) is 15.5. The molecule has 0 atom stereocenters. The van der Waals surface area contributed by atoms with Gasteiger partial charge in [0.1, 0.15) is 0 Å². The van der Waals surface area contributed by atoms with E-state index < -0.39 is 5.63 Å². The number of fused-ring (bicyclic) bond motifs is 2. The van der Waals surface area contributed by atoms with Crippen LogP contribution in [0.15, 0.2) is 73.8 Å². The van der Waals surface area contributed by atoms with Gasteiger partial charge in [-0.2, -0.15) is 0 Å². The van der Waals surface area contributed by atoms with E-state index in [1.165, 1.54) is 10.9 Å². The highest BCUT2D eigenvalue weighted by atomic mass is 32.2. The van der Waals surface area contributed by atoms with Gasteiger partial charge in [-0.05, 0) is 29.5 Å². The van der Waals surface area contributed by atoms with Gasteiger partial charge in [-0.25, -0.2) is 4.79 Å². The minimum atomic E-state index is -0.521. The van der Waals surface area contributed by atoms with Crippen LogP contribution >= 0.6 is 11.8 Å². The van der Waals surface area contributed by atoms with Crippen LogP contribution < -0.4 is 15.2 Å². The van der Waals surface area contributed by atoms with E-state index in [0.29, 0.717) is 0 Å². The smallest absolute Gasteiger partial charge is 0.284 e. The van der Waals surface area contributed by atoms with Crippen LogP contribution in [0.2, 0.25) is 0 Å². The summed E-state index contributed by atoms with van der Waals surface area (Å²) in [4.78, 5) is 27.6. The summed E-state index contributed by atoms with van der Waals surface area (Å²) in [5.74, 6) is -0.160. The van der Waals surface area contributed by atoms with Gasteiger partial charge in [-0.1, -0.05) is 40.7 Å². The Hall–Kier alpha value is -2.80. The van der Waals surface area contributed by atoms with E-state index in [1.54, 1.807) is 16.7 Å². The average Bonchev–Trinajstić information content (AvgIpc) is 2.97. The Bertz CT molecular complexity index is 902. The van der Waals surface area contributed by atoms with E-state index in [4.69, 9.17) is 0 Å². The number of H-pyrrole nitrogens is 1. The number of para-hydroxylation sites is 2. The second-order valence-electron chi connectivity index (χ2n) is 5.04. The van der Waals surface area contributed by atoms with Crippen molar-refractivity contribution in [2.45, 2.75) is 16.3 Å². The molecule has 2 heterocycles. The highest BCUT2D eigenvalue weighted by molar-refractivity contribution is 7.99. The van der Waals surface area contributed by atoms with Gasteiger partial charge in [0.25, 0.3) is 18.6 Å². The van der Waals surface area contributed by atoms with Crippen molar-refractivity contribution in [3.63, 3.8) is 0 Å². The lowest BCUT2D eigenvalue weighted by Gasteiger charge is -2.29. The Morgan fingerprint density at radius 3 is 2.26 bits per heavy atom. The molecule has 1 aliphatic heterocycles. The molecule has 1 N–H and O–H groups in total. The molecule has 4 rings (SSSR count). The third-order valence-corrected chi connectivity index (χ3v) is 4.64. The van der Waals surface area contributed by atoms with Gasteiger partial charge in [0.05, 0.1) is 11.4 Å². The lowest BCUT2D eigenvalue weighted by Crippen LogP contribution is -2.45. The van der Waals surface area contributed by atoms with Crippen LogP contribution in [0.5, 0.6) is 0 Å². The number of hydrogen-bond acceptors (Lipinski definition) is 4. The number of benzene rings is 2. The first-order valence-corrected chi connectivity index (χ1v) is 7.81. The number of amides is 1. The Morgan fingerprint density at radius 1 is 1.09 bits per heavy atom. The van der Waals surface area contributed by atoms with Crippen LogP contribution in [0.3, 0.4) is 0 Å². The molecule has 0 fully saturated rings. The lowest BCUT2D eigenvalue weighted by atomic mass is 10.2. The third kappa shape index (κ3) is 2.44. The molecule has 114 valence electrons. The van der Waals surface area contributed by atoms with Gasteiger partial charge < -0.3 is 0 Å². The standard InChI is InChI=1S/C16H11N3O3S/c20-15(9-18-10-16(21)22-17-18)19-11-5-1-3-7-13(11)23-14-8-4-2-6-12(14)19/h1-8,10H,9H2/p+1. The van der Waals surface area contributed by atoms with Crippen molar-refractivity contribution in [1.29, 1.82) is 0 Å². The summed E-state index contributed by atoms with van der Waals surface area (Å²) in [5.41, 5.74) is 1.16. The molecular formula is C16H12N3O3S+. The fraction of sp³-hybridized carbons (Fsp3) is 0.0625. The van der Waals surface area contributed by atoms with Crippen LogP contribution in [-0.4, -0.2) is 11.2 Å². The predicted molar refractivity (Wildman–Crippen MR) is 83.7 cm³/mol. The van der Waals surface area contributed by atoms with Gasteiger partial charge in [0, 0.05) is 9.79 Å². The maximum absolute atomic E-state index is 12.8. The van der Waals surface area contributed by atoms with Crippen LogP contribution in [0.4, 0.5) is 11.4 Å². The minimum Gasteiger partial charge on any atom is -0.284 e. The van der Waals surface area contributed by atoms with E-state index >= 15 is 0 Å². The molecule has 3 aromatic rings. The molecule has 2 aromatic carbocycles. The number of rotatable bonds is 2. The molecule has 0 aliphatic carbocycles. The first-order chi connectivity index (χ1) is 11.2. The van der Waals surface area contributed by atoms with E-state index in [1.807, 2.05) is 48.5 Å². The molecule has 6 nitrogen and oxygen atoms in total. The van der Waals surface area contributed by atoms with Crippen LogP contribution in [0, 0.1) is 0 Å². The number of anilines is 2. The fourth-order valence-corrected chi connectivity index (χ4v) is 3.61. The SMILES string of the molecule is O=C(C[n+]1cc(=O)o[nH]1)N1c2ccccc2Sc2ccccc21. The summed E-state index contributed by atoms with van der Waals surface area (Å²) in [7, 11) is 0. The molecule has 23 heavy (non-hydrogen) atoms. The van der Waals surface area contributed by atoms with Crippen molar-refractivity contribution in [3.05, 3.63) is 65.1 Å². The lowest BCUT2D eigenvalue weighted by molar-refractivity contribution is -0.750. The first-order valence-electron chi connectivity index (χ1n) is 6.99. The van der Waals surface area contributed by atoms with Crippen LogP contribution in [0.25, 0.3) is 0 Å². The van der Waals surface area contributed by atoms with Gasteiger partial charge in [0.2, 0.25) is 0 Å². The Morgan fingerprint density at radius 2 is 1.70 bits per heavy atom. The molecule has 7 heteroatoms. The van der Waals surface area contributed by atoms with Crippen LogP contribution in [0.1, 0.15) is 0 Å². The fourth-order valence-electron chi connectivity index (χ4n) is 2.55. The van der Waals surface area contributed by atoms with E-state index in [-0.39, 0.29) is 12.5 Å². The second-order valence-corrected chi connectivity index (χ2v) is 6.12. The van der Waals surface area contributed by atoms with Crippen molar-refractivity contribution in [3.8, 4) is 0 Å². The van der Waals surface area contributed by atoms with Crippen molar-refractivity contribution in [2.75, 3.05) is 4.90 Å². The number of hydrogen-bond donors (Lipinski definition) is 1. The quantitative estimate of drug-likeness (QED) is 0.732. The molecule has 0 bridgehead atoms. The molecule has 0 unspecified atom stereocenters. The average molecular weight is 326 g/mol. The van der Waals surface area contributed by atoms with Crippen molar-refractivity contribution in [1.82, 2.24) is 5.27 Å². The summed E-state index contributed by atoms with van der Waals surface area (Å²) in [5, 5.41) is 2.40. The first kappa shape index (κ1) is 13.8. The zero-order valence-electron chi connectivity index (χ0n) is 11.9. The summed E-state index contributed by atoms with van der Waals surface area (Å²) < 4.78 is 5.93. The number of carbonyl (C=O) groups excluding carboxylic acids is 1. The van der Waals surface area contributed by atoms with E-state index in [2.05, 4.69) is 9.79 Å². The Balaban J connectivity index is 1.77. The normalized spacial score (nSPS) is 12.6. The summed E-state index contributed by atoms with van der Waals surface area (Å²) in [6.45, 7) is -0.0148. The molecule has 0 saturated carbocycles. The molecular weight excluding hydrogens is 314 g/mol. The number of nitrogens with one attached hydrogen (secondary N) is 1. The monoisotopic (exact) mass is 326 g/mol. The zero-order valence-corrected chi connectivity index (χ0v) is 12.7. The van der Waals surface area contributed by atoms with Gasteiger partial charge >= 0.3 is 5.63 Å². The molecule has 0 spiro atoms. The molecule has 1 aromatic heterocycles. The zero-order chi connectivity index (χ0) is 15.8. The second kappa shape index (κ2) is 5.44. The Kier molecular flexibility index (Phi) is 3.27. The van der Waals surface area contributed by atoms with Gasteiger partial charge in [0.15, 0.2) is 0 Å². The largest absolute Gasteiger partial charge is 0.426 e. The maximum Gasteiger partial charge on any atom is 0.426 e. The van der Waals surface area contributed by atoms with E-state index in [9.17, 15) is 9.59 Å². The number of carbonyl (C=O) groups is 1. The summed E-state index contributed by atoms with van der Waals surface area (Å²) >= 11 is 1.64. The number of aromatic nitrogens is 2. The van der Waals surface area contributed by atoms with Crippen LogP contribution in [-0.2, 0) is 11.3 Å². The number of nitrogens with zero attached hydrogens (tertiary/aromatic N) is 2. The molecule has 0 saturated heterocycles. The highest BCUT2D eigenvalue weighted by Crippen LogP contribution is 2.47. The minimum absolute atomic E-state index is 0.0148. The molecule has 1 aliphatic rings. The highest BCUT2D eigenvalue weighted by Gasteiger charge is 2.30. The topological polar surface area (TPSA) is 70.2 Å². The maximum atomic E-state index is 12.8. The van der Waals surface area contributed by atoms with E-state index in [0.717, 1.165) is 21.2 Å². The predicted octanol–water partition coefficient (Wildman–Crippen LogP) is 2.08. The van der Waals surface area contributed by atoms with Crippen molar-refractivity contribution < 1.29 is 14.0 Å². The molecule has 0 radical (unpaired) electrons. The van der Waals surface area contributed by atoms with Crippen molar-refractivity contribution >= 4 is 29.0 Å². The number of aromatic amines is 1. The molecule has 1 amide bonds. The summed E-state index contributed by atoms with van der Waals surface area (Å²) in [6.07, 6.45) is 1.22. The van der Waals surface area contributed by atoms with Gasteiger partial charge in [-0.15, -0.1) is 0 Å².